The molecule has 0 bridgehead atoms. The largest absolute Gasteiger partial charge is 0.325 e. The summed E-state index contributed by atoms with van der Waals surface area (Å²) in [6.07, 6.45) is 2.25. The van der Waals surface area contributed by atoms with E-state index in [2.05, 4.69) is 5.32 Å². The fraction of sp³-hybridized carbons (Fsp3) is 0.364. The first kappa shape index (κ1) is 11.9. The zero-order chi connectivity index (χ0) is 9.80. The Balaban J connectivity index is 0.00000112. The van der Waals surface area contributed by atoms with E-state index < -0.39 is 0 Å². The van der Waals surface area contributed by atoms with Gasteiger partial charge in [-0.25, -0.2) is 4.79 Å². The molecule has 2 rings (SSSR count). The molecule has 1 N–H and O–H groups in total. The summed E-state index contributed by atoms with van der Waals surface area (Å²) in [5.74, 6) is 0. The van der Waals surface area contributed by atoms with Gasteiger partial charge in [0.1, 0.15) is 0 Å². The number of anilines is 1. The zero-order valence-electron chi connectivity index (χ0n) is 8.48. The fourth-order valence-corrected chi connectivity index (χ4v) is 1.64. The van der Waals surface area contributed by atoms with Crippen molar-refractivity contribution < 1.29 is 4.79 Å². The van der Waals surface area contributed by atoms with E-state index in [0.29, 0.717) is 0 Å². The molecule has 1 fully saturated rings. The van der Waals surface area contributed by atoms with Gasteiger partial charge in [0.25, 0.3) is 0 Å². The molecule has 0 radical (unpaired) electrons. The van der Waals surface area contributed by atoms with Gasteiger partial charge in [0.2, 0.25) is 0 Å². The van der Waals surface area contributed by atoms with Crippen molar-refractivity contribution in [2.75, 3.05) is 18.4 Å². The number of halogens is 1. The highest BCUT2D eigenvalue weighted by atomic mass is 35.5. The number of carbonyl (C=O) groups excluding carboxylic acids is 1. The maximum atomic E-state index is 11.6. The van der Waals surface area contributed by atoms with Crippen molar-refractivity contribution in [1.29, 1.82) is 0 Å². The molecule has 0 saturated carbocycles. The number of urea groups is 1. The molecule has 15 heavy (non-hydrogen) atoms. The van der Waals surface area contributed by atoms with Crippen LogP contribution in [0, 0.1) is 0 Å². The van der Waals surface area contributed by atoms with Gasteiger partial charge >= 0.3 is 6.03 Å². The summed E-state index contributed by atoms with van der Waals surface area (Å²) in [6.45, 7) is 1.78. The van der Waals surface area contributed by atoms with Gasteiger partial charge in [-0.05, 0) is 25.0 Å². The topological polar surface area (TPSA) is 32.3 Å². The number of hydrogen-bond donors (Lipinski definition) is 1. The number of nitrogens with one attached hydrogen (secondary N) is 1. The molecular formula is C11H15ClN2O. The Morgan fingerprint density at radius 1 is 1.13 bits per heavy atom. The van der Waals surface area contributed by atoms with E-state index in [1.807, 2.05) is 35.2 Å². The maximum Gasteiger partial charge on any atom is 0.321 e. The van der Waals surface area contributed by atoms with Crippen LogP contribution < -0.4 is 5.32 Å². The van der Waals surface area contributed by atoms with Crippen LogP contribution in [0.15, 0.2) is 30.3 Å². The van der Waals surface area contributed by atoms with E-state index in [1.165, 1.54) is 0 Å². The Bertz CT molecular complexity index is 310. The molecule has 1 heterocycles. The lowest BCUT2D eigenvalue weighted by Crippen LogP contribution is -2.32. The van der Waals surface area contributed by atoms with Crippen LogP contribution in [0.25, 0.3) is 0 Å². The van der Waals surface area contributed by atoms with Gasteiger partial charge in [-0.2, -0.15) is 0 Å². The lowest BCUT2D eigenvalue weighted by Gasteiger charge is -2.15. The van der Waals surface area contributed by atoms with Crippen LogP contribution in [0.2, 0.25) is 0 Å². The lowest BCUT2D eigenvalue weighted by molar-refractivity contribution is 0.222. The molecule has 0 aliphatic carbocycles. The first-order valence-corrected chi connectivity index (χ1v) is 4.97. The molecule has 1 aliphatic rings. The Morgan fingerprint density at radius 3 is 2.33 bits per heavy atom. The van der Waals surface area contributed by atoms with Crippen LogP contribution in [0.3, 0.4) is 0 Å². The fourth-order valence-electron chi connectivity index (χ4n) is 1.64. The normalized spacial score (nSPS) is 14.5. The van der Waals surface area contributed by atoms with Gasteiger partial charge in [-0.3, -0.25) is 0 Å². The zero-order valence-corrected chi connectivity index (χ0v) is 9.30. The van der Waals surface area contributed by atoms with E-state index in [9.17, 15) is 4.79 Å². The first-order chi connectivity index (χ1) is 6.86. The quantitative estimate of drug-likeness (QED) is 0.785. The SMILES string of the molecule is Cl.O=C(Nc1ccccc1)N1CCCC1. The van der Waals surface area contributed by atoms with Crippen LogP contribution in [0.1, 0.15) is 12.8 Å². The predicted molar refractivity (Wildman–Crippen MR) is 63.5 cm³/mol. The third kappa shape index (κ3) is 3.13. The number of likely N-dealkylation sites (tertiary alicyclic amines) is 1. The van der Waals surface area contributed by atoms with Crippen molar-refractivity contribution in [3.63, 3.8) is 0 Å². The maximum absolute atomic E-state index is 11.6. The molecule has 1 aliphatic heterocycles. The number of benzene rings is 1. The minimum Gasteiger partial charge on any atom is -0.325 e. The third-order valence-corrected chi connectivity index (χ3v) is 2.42. The molecule has 2 amide bonds. The van der Waals surface area contributed by atoms with E-state index in [1.54, 1.807) is 0 Å². The van der Waals surface area contributed by atoms with Gasteiger partial charge in [0.15, 0.2) is 0 Å². The molecule has 1 aromatic rings. The Morgan fingerprint density at radius 2 is 1.73 bits per heavy atom. The van der Waals surface area contributed by atoms with Crippen LogP contribution in [-0.4, -0.2) is 24.0 Å². The predicted octanol–water partition coefficient (Wildman–Crippen LogP) is 2.74. The number of para-hydroxylation sites is 1. The Hall–Kier alpha value is -1.22. The molecule has 0 spiro atoms. The second-order valence-electron chi connectivity index (χ2n) is 3.49. The number of amides is 2. The highest BCUT2D eigenvalue weighted by Gasteiger charge is 2.17. The van der Waals surface area contributed by atoms with Crippen molar-refractivity contribution in [2.45, 2.75) is 12.8 Å². The van der Waals surface area contributed by atoms with Crippen LogP contribution in [0.5, 0.6) is 0 Å². The minimum absolute atomic E-state index is 0. The summed E-state index contributed by atoms with van der Waals surface area (Å²) >= 11 is 0. The minimum atomic E-state index is 0. The molecule has 1 saturated heterocycles. The summed E-state index contributed by atoms with van der Waals surface area (Å²) < 4.78 is 0. The smallest absolute Gasteiger partial charge is 0.321 e. The summed E-state index contributed by atoms with van der Waals surface area (Å²) in [5, 5.41) is 2.87. The third-order valence-electron chi connectivity index (χ3n) is 2.42. The lowest BCUT2D eigenvalue weighted by atomic mass is 10.3. The molecule has 82 valence electrons. The number of nitrogens with zero attached hydrogens (tertiary/aromatic N) is 1. The van der Waals surface area contributed by atoms with E-state index >= 15 is 0 Å². The Labute approximate surface area is 95.9 Å². The molecule has 0 atom stereocenters. The molecule has 4 heteroatoms. The van der Waals surface area contributed by atoms with Gasteiger partial charge < -0.3 is 10.2 Å². The van der Waals surface area contributed by atoms with Crippen molar-refractivity contribution >= 4 is 24.1 Å². The average Bonchev–Trinajstić information content (AvgIpc) is 2.72. The molecular weight excluding hydrogens is 212 g/mol. The van der Waals surface area contributed by atoms with Crippen molar-refractivity contribution in [1.82, 2.24) is 4.90 Å². The van der Waals surface area contributed by atoms with Crippen LogP contribution in [-0.2, 0) is 0 Å². The molecule has 0 aromatic heterocycles. The monoisotopic (exact) mass is 226 g/mol. The van der Waals surface area contributed by atoms with Gasteiger partial charge in [0, 0.05) is 18.8 Å². The second kappa shape index (κ2) is 5.61. The number of hydrogen-bond acceptors (Lipinski definition) is 1. The summed E-state index contributed by atoms with van der Waals surface area (Å²) in [5.41, 5.74) is 0.865. The van der Waals surface area contributed by atoms with Crippen molar-refractivity contribution in [3.05, 3.63) is 30.3 Å². The molecule has 1 aromatic carbocycles. The van der Waals surface area contributed by atoms with Gasteiger partial charge in [-0.15, -0.1) is 12.4 Å². The Kier molecular flexibility index (Phi) is 4.43. The second-order valence-corrected chi connectivity index (χ2v) is 3.49. The van der Waals surface area contributed by atoms with Gasteiger partial charge in [-0.1, -0.05) is 18.2 Å². The number of rotatable bonds is 1. The van der Waals surface area contributed by atoms with E-state index in [-0.39, 0.29) is 18.4 Å². The van der Waals surface area contributed by atoms with Crippen molar-refractivity contribution in [2.24, 2.45) is 0 Å². The summed E-state index contributed by atoms with van der Waals surface area (Å²) in [6, 6.07) is 9.58. The van der Waals surface area contributed by atoms with Crippen LogP contribution in [0.4, 0.5) is 10.5 Å². The average molecular weight is 227 g/mol. The van der Waals surface area contributed by atoms with Crippen molar-refractivity contribution in [3.8, 4) is 0 Å². The highest BCUT2D eigenvalue weighted by Crippen LogP contribution is 2.11. The van der Waals surface area contributed by atoms with E-state index in [4.69, 9.17) is 0 Å². The summed E-state index contributed by atoms with van der Waals surface area (Å²) in [4.78, 5) is 13.5. The van der Waals surface area contributed by atoms with Crippen LogP contribution >= 0.6 is 12.4 Å². The highest BCUT2D eigenvalue weighted by molar-refractivity contribution is 5.89. The summed E-state index contributed by atoms with van der Waals surface area (Å²) in [7, 11) is 0. The molecule has 3 nitrogen and oxygen atoms in total. The standard InChI is InChI=1S/C11H14N2O.ClH/c14-11(13-8-4-5-9-13)12-10-6-2-1-3-7-10;/h1-3,6-7H,4-5,8-9H2,(H,12,14);1H. The van der Waals surface area contributed by atoms with Gasteiger partial charge in [0.05, 0.1) is 0 Å². The number of carbonyl (C=O) groups is 1. The first-order valence-electron chi connectivity index (χ1n) is 4.97. The van der Waals surface area contributed by atoms with E-state index in [0.717, 1.165) is 31.6 Å². The molecule has 0 unspecified atom stereocenters.